The fraction of sp³-hybridized carbons (Fsp3) is 0.263. The molecular weight excluding hydrogens is 338 g/mol. The first-order valence-electron chi connectivity index (χ1n) is 8.23. The highest BCUT2D eigenvalue weighted by atomic mass is 16.5. The molecule has 1 N–H and O–H groups in total. The molecular formula is C19H19NO6. The Balaban J connectivity index is 1.64. The maximum Gasteiger partial charge on any atom is 0.375 e. The zero-order valence-electron chi connectivity index (χ0n) is 14.3. The number of para-hydroxylation sites is 1. The molecule has 136 valence electrons. The second-order valence-corrected chi connectivity index (χ2v) is 5.48. The summed E-state index contributed by atoms with van der Waals surface area (Å²) in [5, 5.41) is 3.39. The molecule has 3 rings (SSSR count). The average Bonchev–Trinajstić information content (AvgIpc) is 3.30. The third kappa shape index (κ3) is 4.12. The zero-order chi connectivity index (χ0) is 18.4. The van der Waals surface area contributed by atoms with Gasteiger partial charge in [0.05, 0.1) is 19.4 Å². The highest BCUT2D eigenvalue weighted by Crippen LogP contribution is 2.27. The molecule has 0 aliphatic heterocycles. The van der Waals surface area contributed by atoms with Gasteiger partial charge in [0.15, 0.2) is 6.61 Å². The van der Waals surface area contributed by atoms with Crippen LogP contribution in [0.2, 0.25) is 0 Å². The van der Waals surface area contributed by atoms with Crippen LogP contribution < -0.4 is 5.32 Å². The van der Waals surface area contributed by atoms with E-state index in [4.69, 9.17) is 18.3 Å². The van der Waals surface area contributed by atoms with Crippen LogP contribution in [0.25, 0.3) is 11.0 Å². The molecule has 26 heavy (non-hydrogen) atoms. The number of fused-ring (bicyclic) bond motifs is 1. The summed E-state index contributed by atoms with van der Waals surface area (Å²) in [7, 11) is 0. The lowest BCUT2D eigenvalue weighted by molar-refractivity contribution is -0.124. The molecule has 3 aromatic rings. The summed E-state index contributed by atoms with van der Waals surface area (Å²) >= 11 is 0. The largest absolute Gasteiger partial charge is 0.467 e. The molecule has 7 heteroatoms. The Morgan fingerprint density at radius 3 is 2.77 bits per heavy atom. The molecule has 7 nitrogen and oxygen atoms in total. The van der Waals surface area contributed by atoms with E-state index in [-0.39, 0.29) is 18.9 Å². The van der Waals surface area contributed by atoms with Crippen LogP contribution in [0, 0.1) is 0 Å². The molecule has 0 bridgehead atoms. The van der Waals surface area contributed by atoms with Gasteiger partial charge in [0, 0.05) is 17.6 Å². The zero-order valence-corrected chi connectivity index (χ0v) is 14.3. The summed E-state index contributed by atoms with van der Waals surface area (Å²) in [4.78, 5) is 24.2. The van der Waals surface area contributed by atoms with Gasteiger partial charge in [-0.1, -0.05) is 18.2 Å². The minimum Gasteiger partial charge on any atom is -0.467 e. The first-order chi connectivity index (χ1) is 12.7. The van der Waals surface area contributed by atoms with E-state index in [1.165, 1.54) is 6.26 Å². The lowest BCUT2D eigenvalue weighted by Gasteiger charge is -2.06. The maximum atomic E-state index is 12.4. The third-order valence-corrected chi connectivity index (χ3v) is 3.71. The normalized spacial score (nSPS) is 10.8. The summed E-state index contributed by atoms with van der Waals surface area (Å²) in [6.45, 7) is 2.41. The van der Waals surface area contributed by atoms with Crippen LogP contribution in [-0.2, 0) is 27.4 Å². The maximum absolute atomic E-state index is 12.4. The van der Waals surface area contributed by atoms with E-state index >= 15 is 0 Å². The number of ether oxygens (including phenoxy) is 2. The summed E-state index contributed by atoms with van der Waals surface area (Å²) in [5.74, 6) is -0.472. The summed E-state index contributed by atoms with van der Waals surface area (Å²) in [5.41, 5.74) is 1.18. The fourth-order valence-corrected chi connectivity index (χ4v) is 2.46. The Bertz CT molecular complexity index is 881. The molecule has 0 unspecified atom stereocenters. The number of rotatable bonds is 8. The highest BCUT2D eigenvalue weighted by molar-refractivity contribution is 5.96. The first-order valence-corrected chi connectivity index (χ1v) is 8.23. The standard InChI is InChI=1S/C19H19NO6/c1-2-23-11-15-14-7-3-4-8-16(14)26-18(15)19(22)25-12-17(21)20-10-13-6-5-9-24-13/h3-9H,2,10-12H2,1H3,(H,20,21). The van der Waals surface area contributed by atoms with Gasteiger partial charge in [0.2, 0.25) is 5.76 Å². The molecule has 0 saturated heterocycles. The van der Waals surface area contributed by atoms with Gasteiger partial charge in [-0.15, -0.1) is 0 Å². The number of hydrogen-bond donors (Lipinski definition) is 1. The molecule has 0 spiro atoms. The molecule has 0 radical (unpaired) electrons. The van der Waals surface area contributed by atoms with Crippen LogP contribution in [0.3, 0.4) is 0 Å². The monoisotopic (exact) mass is 357 g/mol. The van der Waals surface area contributed by atoms with Gasteiger partial charge >= 0.3 is 5.97 Å². The van der Waals surface area contributed by atoms with Crippen molar-refractivity contribution in [2.24, 2.45) is 0 Å². The molecule has 2 aromatic heterocycles. The van der Waals surface area contributed by atoms with Gasteiger partial charge in [-0.3, -0.25) is 4.79 Å². The van der Waals surface area contributed by atoms with E-state index in [0.29, 0.717) is 23.5 Å². The topological polar surface area (TPSA) is 90.9 Å². The Labute approximate surface area is 149 Å². The van der Waals surface area contributed by atoms with Crippen LogP contribution >= 0.6 is 0 Å². The Morgan fingerprint density at radius 2 is 2.00 bits per heavy atom. The van der Waals surface area contributed by atoms with Gasteiger partial charge < -0.3 is 23.6 Å². The summed E-state index contributed by atoms with van der Waals surface area (Å²) in [6.07, 6.45) is 1.52. The number of nitrogens with one attached hydrogen (secondary N) is 1. The first kappa shape index (κ1) is 17.8. The van der Waals surface area contributed by atoms with E-state index in [2.05, 4.69) is 5.32 Å². The Hall–Kier alpha value is -3.06. The Morgan fingerprint density at radius 1 is 1.15 bits per heavy atom. The van der Waals surface area contributed by atoms with Crippen molar-refractivity contribution in [2.45, 2.75) is 20.1 Å². The van der Waals surface area contributed by atoms with Crippen LogP contribution in [0.15, 0.2) is 51.5 Å². The van der Waals surface area contributed by atoms with Gasteiger partial charge in [0.25, 0.3) is 5.91 Å². The van der Waals surface area contributed by atoms with Gasteiger partial charge in [-0.05, 0) is 25.1 Å². The van der Waals surface area contributed by atoms with E-state index in [1.54, 1.807) is 18.2 Å². The molecule has 0 atom stereocenters. The van der Waals surface area contributed by atoms with E-state index in [0.717, 1.165) is 5.39 Å². The van der Waals surface area contributed by atoms with Crippen molar-refractivity contribution in [1.82, 2.24) is 5.32 Å². The number of benzene rings is 1. The number of esters is 1. The van der Waals surface area contributed by atoms with Gasteiger partial charge in [-0.2, -0.15) is 0 Å². The molecule has 0 fully saturated rings. The van der Waals surface area contributed by atoms with Crippen LogP contribution in [-0.4, -0.2) is 25.1 Å². The lowest BCUT2D eigenvalue weighted by atomic mass is 10.1. The third-order valence-electron chi connectivity index (χ3n) is 3.71. The minimum atomic E-state index is -0.705. The molecule has 0 saturated carbocycles. The molecule has 0 aliphatic rings. The van der Waals surface area contributed by atoms with Crippen molar-refractivity contribution in [2.75, 3.05) is 13.2 Å². The second kappa shape index (κ2) is 8.35. The van der Waals surface area contributed by atoms with Crippen LogP contribution in [0.4, 0.5) is 0 Å². The quantitative estimate of drug-likeness (QED) is 0.623. The van der Waals surface area contributed by atoms with Crippen molar-refractivity contribution in [3.05, 3.63) is 59.7 Å². The lowest BCUT2D eigenvalue weighted by Crippen LogP contribution is -2.28. The van der Waals surface area contributed by atoms with Crippen molar-refractivity contribution in [1.29, 1.82) is 0 Å². The number of hydrogen-bond acceptors (Lipinski definition) is 6. The Kier molecular flexibility index (Phi) is 5.70. The van der Waals surface area contributed by atoms with Crippen molar-refractivity contribution in [3.63, 3.8) is 0 Å². The average molecular weight is 357 g/mol. The fourth-order valence-electron chi connectivity index (χ4n) is 2.46. The molecule has 1 amide bonds. The van der Waals surface area contributed by atoms with E-state index in [1.807, 2.05) is 25.1 Å². The number of amides is 1. The summed E-state index contributed by atoms with van der Waals surface area (Å²) < 4.78 is 21.2. The number of furan rings is 2. The predicted molar refractivity (Wildman–Crippen MR) is 92.4 cm³/mol. The van der Waals surface area contributed by atoms with Crippen molar-refractivity contribution < 1.29 is 27.9 Å². The van der Waals surface area contributed by atoms with Gasteiger partial charge in [-0.25, -0.2) is 4.79 Å². The van der Waals surface area contributed by atoms with Crippen molar-refractivity contribution in [3.8, 4) is 0 Å². The second-order valence-electron chi connectivity index (χ2n) is 5.48. The smallest absolute Gasteiger partial charge is 0.375 e. The van der Waals surface area contributed by atoms with Crippen LogP contribution in [0.1, 0.15) is 28.8 Å². The molecule has 0 aliphatic carbocycles. The van der Waals surface area contributed by atoms with Gasteiger partial charge in [0.1, 0.15) is 11.3 Å². The summed E-state index contributed by atoms with van der Waals surface area (Å²) in [6, 6.07) is 10.7. The molecule has 1 aromatic carbocycles. The van der Waals surface area contributed by atoms with Crippen LogP contribution in [0.5, 0.6) is 0 Å². The number of carbonyl (C=O) groups is 2. The van der Waals surface area contributed by atoms with E-state index in [9.17, 15) is 9.59 Å². The van der Waals surface area contributed by atoms with Crippen molar-refractivity contribution >= 4 is 22.8 Å². The minimum absolute atomic E-state index is 0.0542. The SMILES string of the molecule is CCOCc1c(C(=O)OCC(=O)NCc2ccco2)oc2ccccc12. The van der Waals surface area contributed by atoms with E-state index < -0.39 is 18.5 Å². The highest BCUT2D eigenvalue weighted by Gasteiger charge is 2.22. The number of carbonyl (C=O) groups excluding carboxylic acids is 2. The predicted octanol–water partition coefficient (Wildman–Crippen LogP) is 3.04. The molecule has 2 heterocycles.